The van der Waals surface area contributed by atoms with Crippen LogP contribution in [0.5, 0.6) is 0 Å². The Morgan fingerprint density at radius 2 is 1.57 bits per heavy atom. The molecule has 2 heterocycles. The Hall–Kier alpha value is -5.33. The molecule has 0 saturated heterocycles. The van der Waals surface area contributed by atoms with Gasteiger partial charge in [-0.3, -0.25) is 14.4 Å². The summed E-state index contributed by atoms with van der Waals surface area (Å²) in [5, 5.41) is 20.9. The molecule has 12 heteroatoms. The lowest BCUT2D eigenvalue weighted by atomic mass is 9.99. The molecule has 1 aromatic heterocycles. The fourth-order valence-electron chi connectivity index (χ4n) is 5.47. The second-order valence-corrected chi connectivity index (χ2v) is 11.1. The number of aliphatic hydroxyl groups is 1. The van der Waals surface area contributed by atoms with Gasteiger partial charge in [0.1, 0.15) is 11.7 Å². The van der Waals surface area contributed by atoms with Crippen LogP contribution in [0.3, 0.4) is 0 Å². The summed E-state index contributed by atoms with van der Waals surface area (Å²) in [4.78, 5) is 55.9. The molecule has 0 fully saturated rings. The van der Waals surface area contributed by atoms with Gasteiger partial charge < -0.3 is 26.2 Å². The summed E-state index contributed by atoms with van der Waals surface area (Å²) in [7, 11) is 1.29. The van der Waals surface area contributed by atoms with Crippen LogP contribution >= 0.6 is 0 Å². The maximum absolute atomic E-state index is 13.7. The summed E-state index contributed by atoms with van der Waals surface area (Å²) in [6.07, 6.45) is -2.02. The van der Waals surface area contributed by atoms with Crippen LogP contribution in [0, 0.1) is 0 Å². The Morgan fingerprint density at radius 3 is 2.28 bits per heavy atom. The van der Waals surface area contributed by atoms with Crippen LogP contribution in [0.1, 0.15) is 33.6 Å². The van der Waals surface area contributed by atoms with Gasteiger partial charge in [-0.05, 0) is 35.2 Å². The first kappa shape index (κ1) is 32.1. The zero-order chi connectivity index (χ0) is 32.6. The van der Waals surface area contributed by atoms with E-state index in [2.05, 4.69) is 15.6 Å². The number of hydrogen-bond acceptors (Lipinski definition) is 8. The van der Waals surface area contributed by atoms with E-state index in [4.69, 9.17) is 10.5 Å². The fourth-order valence-corrected chi connectivity index (χ4v) is 5.47. The number of hydrogen-bond donors (Lipinski definition) is 4. The molecule has 12 nitrogen and oxygen atoms in total. The van der Waals surface area contributed by atoms with E-state index in [1.165, 1.54) is 18.2 Å². The van der Waals surface area contributed by atoms with Gasteiger partial charge in [0.05, 0.1) is 37.7 Å². The van der Waals surface area contributed by atoms with Crippen LogP contribution in [0.2, 0.25) is 0 Å². The van der Waals surface area contributed by atoms with E-state index >= 15 is 0 Å². The predicted molar refractivity (Wildman–Crippen MR) is 170 cm³/mol. The number of methoxy groups -OCH3 is 1. The average Bonchev–Trinajstić information content (AvgIpc) is 3.06. The minimum atomic E-state index is -1.34. The summed E-state index contributed by atoms with van der Waals surface area (Å²) in [6.45, 7) is 0.545. The van der Waals surface area contributed by atoms with E-state index < -0.39 is 48.4 Å². The smallest absolute Gasteiger partial charge is 0.424 e. The standard InChI is InChI=1S/C34H36N6O6/c1-46-34(45)40-20-25-13-6-5-12-24(25)19-39(40)21-30(41)28(17-22-9-3-2-4-10-22)37-33(44)29(18-31(35)42)38-32(43)27-16-15-23-11-7-8-14-26(23)36-27/h2-16,28-30,41H,17-21H2,1H3,(H2,35,42)(H,37,44)(H,38,43)/t28-,29+,30?/m0/s1. The third kappa shape index (κ3) is 7.84. The Kier molecular flexibility index (Phi) is 10.2. The molecule has 0 saturated carbocycles. The van der Waals surface area contributed by atoms with Crippen molar-refractivity contribution in [2.75, 3.05) is 13.7 Å². The zero-order valence-corrected chi connectivity index (χ0v) is 25.3. The number of primary amides is 1. The first-order valence-electron chi connectivity index (χ1n) is 14.9. The van der Waals surface area contributed by atoms with Crippen LogP contribution < -0.4 is 16.4 Å². The van der Waals surface area contributed by atoms with Crippen molar-refractivity contribution < 1.29 is 29.0 Å². The number of rotatable bonds is 11. The minimum absolute atomic E-state index is 0.0327. The number of aromatic nitrogens is 1. The summed E-state index contributed by atoms with van der Waals surface area (Å²) in [5.74, 6) is -2.16. The lowest BCUT2D eigenvalue weighted by Gasteiger charge is -2.40. The van der Waals surface area contributed by atoms with Gasteiger partial charge in [-0.15, -0.1) is 0 Å². The Balaban J connectivity index is 1.36. The monoisotopic (exact) mass is 624 g/mol. The van der Waals surface area contributed by atoms with Gasteiger partial charge in [-0.25, -0.2) is 19.8 Å². The summed E-state index contributed by atoms with van der Waals surface area (Å²) in [6, 6.07) is 25.3. The second kappa shape index (κ2) is 14.6. The lowest BCUT2D eigenvalue weighted by molar-refractivity contribution is -0.128. The normalized spacial score (nSPS) is 14.9. The van der Waals surface area contributed by atoms with Crippen molar-refractivity contribution in [2.45, 2.75) is 44.1 Å². The number of aliphatic hydroxyl groups excluding tert-OH is 1. The number of β-amino-alcohol motifs (C(OH)–C–C–N with tert-alkyl or cyclic N) is 1. The molecule has 3 atom stereocenters. The molecule has 1 aliphatic rings. The number of para-hydroxylation sites is 1. The van der Waals surface area contributed by atoms with Crippen molar-refractivity contribution in [3.63, 3.8) is 0 Å². The molecule has 238 valence electrons. The summed E-state index contributed by atoms with van der Waals surface area (Å²) < 4.78 is 5.01. The van der Waals surface area contributed by atoms with Gasteiger partial charge in [-0.2, -0.15) is 0 Å². The van der Waals surface area contributed by atoms with Crippen molar-refractivity contribution in [1.29, 1.82) is 0 Å². The van der Waals surface area contributed by atoms with Crippen LogP contribution in [0.15, 0.2) is 91.0 Å². The molecular formula is C34H36N6O6. The van der Waals surface area contributed by atoms with Crippen molar-refractivity contribution in [2.24, 2.45) is 5.73 Å². The molecule has 0 radical (unpaired) electrons. The van der Waals surface area contributed by atoms with Gasteiger partial charge in [0, 0.05) is 18.5 Å². The first-order valence-corrected chi connectivity index (χ1v) is 14.9. The highest BCUT2D eigenvalue weighted by atomic mass is 16.5. The predicted octanol–water partition coefficient (Wildman–Crippen LogP) is 2.30. The van der Waals surface area contributed by atoms with Crippen molar-refractivity contribution in [3.05, 3.63) is 113 Å². The molecule has 3 aromatic carbocycles. The average molecular weight is 625 g/mol. The largest absolute Gasteiger partial charge is 0.452 e. The van der Waals surface area contributed by atoms with Gasteiger partial charge in [-0.1, -0.05) is 78.9 Å². The van der Waals surface area contributed by atoms with E-state index in [0.29, 0.717) is 12.1 Å². The number of amides is 4. The van der Waals surface area contributed by atoms with Crippen LogP contribution in [-0.4, -0.2) is 75.8 Å². The highest BCUT2D eigenvalue weighted by Gasteiger charge is 2.34. The number of pyridine rings is 1. The van der Waals surface area contributed by atoms with Gasteiger partial charge in [0.15, 0.2) is 0 Å². The van der Waals surface area contributed by atoms with Crippen LogP contribution in [0.4, 0.5) is 4.79 Å². The van der Waals surface area contributed by atoms with Crippen LogP contribution in [-0.2, 0) is 33.8 Å². The number of ether oxygens (including phenoxy) is 1. The van der Waals surface area contributed by atoms with Gasteiger partial charge in [0.25, 0.3) is 5.91 Å². The van der Waals surface area contributed by atoms with Crippen molar-refractivity contribution in [3.8, 4) is 0 Å². The Bertz CT molecular complexity index is 1720. The Morgan fingerprint density at radius 1 is 0.891 bits per heavy atom. The maximum Gasteiger partial charge on any atom is 0.424 e. The summed E-state index contributed by atoms with van der Waals surface area (Å²) >= 11 is 0. The van der Waals surface area contributed by atoms with Crippen molar-refractivity contribution >= 4 is 34.7 Å². The molecule has 4 aromatic rings. The van der Waals surface area contributed by atoms with E-state index in [0.717, 1.165) is 22.1 Å². The summed E-state index contributed by atoms with van der Waals surface area (Å²) in [5.41, 5.74) is 8.90. The molecule has 1 aliphatic heterocycles. The SMILES string of the molecule is COC(=O)N1Cc2ccccc2CN1CC(O)[C@H](Cc1ccccc1)NC(=O)[C@@H](CC(N)=O)NC(=O)c1ccc2ccccc2n1. The second-order valence-electron chi connectivity index (χ2n) is 11.1. The molecule has 0 spiro atoms. The fraction of sp³-hybridized carbons (Fsp3) is 0.265. The third-order valence-electron chi connectivity index (χ3n) is 7.86. The number of nitrogens with two attached hydrogens (primary N) is 1. The molecule has 0 bridgehead atoms. The van der Waals surface area contributed by atoms with E-state index in [9.17, 15) is 24.3 Å². The van der Waals surface area contributed by atoms with Gasteiger partial charge in [0.2, 0.25) is 11.8 Å². The highest BCUT2D eigenvalue weighted by molar-refractivity contribution is 5.99. The topological polar surface area (TPSA) is 167 Å². The number of carbonyl (C=O) groups is 4. The quantitative estimate of drug-likeness (QED) is 0.197. The molecule has 4 amide bonds. The number of hydrazine groups is 1. The third-order valence-corrected chi connectivity index (χ3v) is 7.86. The zero-order valence-electron chi connectivity index (χ0n) is 25.3. The number of carbonyl (C=O) groups excluding carboxylic acids is 4. The number of nitrogens with one attached hydrogen (secondary N) is 2. The number of fused-ring (bicyclic) bond motifs is 2. The van der Waals surface area contributed by atoms with E-state index in [1.54, 1.807) is 23.2 Å². The molecule has 5 N–H and O–H groups in total. The molecular weight excluding hydrogens is 588 g/mol. The number of nitrogens with zero attached hydrogens (tertiary/aromatic N) is 3. The molecule has 5 rings (SSSR count). The minimum Gasteiger partial charge on any atom is -0.452 e. The van der Waals surface area contributed by atoms with Gasteiger partial charge >= 0.3 is 6.09 Å². The van der Waals surface area contributed by atoms with Crippen molar-refractivity contribution in [1.82, 2.24) is 25.6 Å². The Labute approximate surface area is 266 Å². The van der Waals surface area contributed by atoms with E-state index in [-0.39, 0.29) is 25.2 Å². The molecule has 1 unspecified atom stereocenters. The maximum atomic E-state index is 13.7. The highest BCUT2D eigenvalue weighted by Crippen LogP contribution is 2.24. The number of benzene rings is 3. The lowest BCUT2D eigenvalue weighted by Crippen LogP contribution is -2.58. The van der Waals surface area contributed by atoms with Crippen LogP contribution in [0.25, 0.3) is 10.9 Å². The molecule has 0 aliphatic carbocycles. The van der Waals surface area contributed by atoms with E-state index in [1.807, 2.05) is 66.7 Å². The molecule has 46 heavy (non-hydrogen) atoms. The first-order chi connectivity index (χ1) is 22.2.